The van der Waals surface area contributed by atoms with Gasteiger partial charge < -0.3 is 9.47 Å². The Balaban J connectivity index is 1.46. The van der Waals surface area contributed by atoms with Crippen molar-refractivity contribution in [1.29, 1.82) is 0 Å². The smallest absolute Gasteiger partial charge is 0.201 e. The minimum atomic E-state index is -0.874. The van der Waals surface area contributed by atoms with Crippen molar-refractivity contribution in [2.45, 2.75) is 103 Å². The number of benzene rings is 1. The topological polar surface area (TPSA) is 18.5 Å². The van der Waals surface area contributed by atoms with Crippen LogP contribution in [0.25, 0.3) is 0 Å². The summed E-state index contributed by atoms with van der Waals surface area (Å²) in [5.74, 6) is 1.04. The SMILES string of the molecule is CCCCCC1CCC(C2CCC(c3ccc(OCOCCC)c(F)c3F)CC2)CC1. The molecule has 0 unspecified atom stereocenters. The Bertz CT molecular complexity index is 647. The summed E-state index contributed by atoms with van der Waals surface area (Å²) in [6.45, 7) is 4.77. The molecule has 2 aliphatic carbocycles. The summed E-state index contributed by atoms with van der Waals surface area (Å²) in [6.07, 6.45) is 16.2. The lowest BCUT2D eigenvalue weighted by molar-refractivity contribution is 0.0131. The Kier molecular flexibility index (Phi) is 10.1. The van der Waals surface area contributed by atoms with E-state index in [0.29, 0.717) is 12.2 Å². The second-order valence-electron chi connectivity index (χ2n) is 9.84. The molecule has 3 rings (SSSR count). The standard InChI is InChI=1S/C27H42F2O2/c1-3-5-6-7-20-8-10-21(11-9-20)22-12-14-23(15-13-22)24-16-17-25(27(29)26(24)28)31-19-30-18-4-2/h16-17,20-23H,3-15,18-19H2,1-2H3. The van der Waals surface area contributed by atoms with Crippen LogP contribution in [0.1, 0.15) is 109 Å². The maximum atomic E-state index is 14.7. The molecule has 31 heavy (non-hydrogen) atoms. The molecule has 0 atom stereocenters. The van der Waals surface area contributed by atoms with Crippen LogP contribution in [0.2, 0.25) is 0 Å². The third kappa shape index (κ3) is 6.91. The summed E-state index contributed by atoms with van der Waals surface area (Å²) in [5, 5.41) is 0. The number of hydrogen-bond donors (Lipinski definition) is 0. The molecule has 0 radical (unpaired) electrons. The minimum Gasteiger partial charge on any atom is -0.464 e. The van der Waals surface area contributed by atoms with Crippen LogP contribution in [-0.4, -0.2) is 13.4 Å². The van der Waals surface area contributed by atoms with Crippen molar-refractivity contribution in [3.8, 4) is 5.75 Å². The van der Waals surface area contributed by atoms with E-state index in [1.54, 1.807) is 12.1 Å². The summed E-state index contributed by atoms with van der Waals surface area (Å²) in [7, 11) is 0. The predicted molar refractivity (Wildman–Crippen MR) is 122 cm³/mol. The van der Waals surface area contributed by atoms with Gasteiger partial charge in [-0.2, -0.15) is 4.39 Å². The molecule has 1 aromatic carbocycles. The number of ether oxygens (including phenoxy) is 2. The molecule has 0 heterocycles. The van der Waals surface area contributed by atoms with Gasteiger partial charge in [0.15, 0.2) is 18.4 Å². The van der Waals surface area contributed by atoms with Crippen LogP contribution in [0, 0.1) is 29.4 Å². The van der Waals surface area contributed by atoms with Gasteiger partial charge in [-0.1, -0.05) is 58.4 Å². The van der Waals surface area contributed by atoms with Crippen LogP contribution in [0.4, 0.5) is 8.78 Å². The van der Waals surface area contributed by atoms with Gasteiger partial charge in [0.2, 0.25) is 5.82 Å². The van der Waals surface area contributed by atoms with Gasteiger partial charge in [0.1, 0.15) is 0 Å². The number of hydrogen-bond acceptors (Lipinski definition) is 2. The summed E-state index contributed by atoms with van der Waals surface area (Å²) in [6, 6.07) is 3.29. The first-order valence-corrected chi connectivity index (χ1v) is 12.8. The molecule has 2 aliphatic rings. The zero-order chi connectivity index (χ0) is 22.1. The van der Waals surface area contributed by atoms with Gasteiger partial charge in [0.05, 0.1) is 6.61 Å². The summed E-state index contributed by atoms with van der Waals surface area (Å²) >= 11 is 0. The molecule has 0 N–H and O–H groups in total. The Morgan fingerprint density at radius 3 is 2.13 bits per heavy atom. The first-order valence-electron chi connectivity index (χ1n) is 12.8. The van der Waals surface area contributed by atoms with E-state index in [1.807, 2.05) is 6.92 Å². The number of unbranched alkanes of at least 4 members (excludes halogenated alkanes) is 2. The molecule has 0 aliphatic heterocycles. The second-order valence-corrected chi connectivity index (χ2v) is 9.84. The fraction of sp³-hybridized carbons (Fsp3) is 0.778. The highest BCUT2D eigenvalue weighted by Crippen LogP contribution is 2.45. The Morgan fingerprint density at radius 1 is 0.806 bits per heavy atom. The Morgan fingerprint density at radius 2 is 1.48 bits per heavy atom. The molecule has 4 heteroatoms. The van der Waals surface area contributed by atoms with E-state index in [1.165, 1.54) is 51.4 Å². The molecule has 0 spiro atoms. The highest BCUT2D eigenvalue weighted by Gasteiger charge is 2.32. The lowest BCUT2D eigenvalue weighted by Gasteiger charge is -2.38. The third-order valence-electron chi connectivity index (χ3n) is 7.71. The summed E-state index contributed by atoms with van der Waals surface area (Å²) in [5.41, 5.74) is 0.525. The minimum absolute atomic E-state index is 0.0461. The molecule has 2 saturated carbocycles. The normalized spacial score (nSPS) is 26.7. The van der Waals surface area contributed by atoms with Gasteiger partial charge in [-0.05, 0) is 80.2 Å². The fourth-order valence-electron chi connectivity index (χ4n) is 5.81. The molecule has 1 aromatic rings. The number of halogens is 2. The molecule has 2 fully saturated rings. The predicted octanol–water partition coefficient (Wildman–Crippen LogP) is 8.39. The fourth-order valence-corrected chi connectivity index (χ4v) is 5.81. The average molecular weight is 437 g/mol. The quantitative estimate of drug-likeness (QED) is 0.256. The van der Waals surface area contributed by atoms with Gasteiger partial charge in [-0.15, -0.1) is 0 Å². The van der Waals surface area contributed by atoms with Crippen LogP contribution in [-0.2, 0) is 4.74 Å². The van der Waals surface area contributed by atoms with E-state index >= 15 is 0 Å². The van der Waals surface area contributed by atoms with Gasteiger partial charge >= 0.3 is 0 Å². The Hall–Kier alpha value is -1.16. The van der Waals surface area contributed by atoms with Gasteiger partial charge in [0, 0.05) is 0 Å². The van der Waals surface area contributed by atoms with Gasteiger partial charge in [-0.3, -0.25) is 0 Å². The lowest BCUT2D eigenvalue weighted by atomic mass is 9.68. The molecular formula is C27H42F2O2. The highest BCUT2D eigenvalue weighted by molar-refractivity contribution is 5.33. The average Bonchev–Trinajstić information content (AvgIpc) is 2.80. The van der Waals surface area contributed by atoms with Crippen molar-refractivity contribution >= 4 is 0 Å². The van der Waals surface area contributed by atoms with E-state index in [0.717, 1.165) is 49.9 Å². The molecular weight excluding hydrogens is 394 g/mol. The zero-order valence-corrected chi connectivity index (χ0v) is 19.6. The summed E-state index contributed by atoms with van der Waals surface area (Å²) < 4.78 is 39.7. The van der Waals surface area contributed by atoms with E-state index < -0.39 is 11.6 Å². The molecule has 0 saturated heterocycles. The first-order chi connectivity index (χ1) is 15.1. The number of rotatable bonds is 11. The highest BCUT2D eigenvalue weighted by atomic mass is 19.2. The maximum absolute atomic E-state index is 14.7. The lowest BCUT2D eigenvalue weighted by Crippen LogP contribution is -2.25. The Labute approximate surface area is 188 Å². The van der Waals surface area contributed by atoms with Crippen molar-refractivity contribution in [3.63, 3.8) is 0 Å². The third-order valence-corrected chi connectivity index (χ3v) is 7.71. The molecule has 2 nitrogen and oxygen atoms in total. The first kappa shape index (κ1) is 24.5. The van der Waals surface area contributed by atoms with Crippen molar-refractivity contribution < 1.29 is 18.3 Å². The monoisotopic (exact) mass is 436 g/mol. The molecule has 0 aromatic heterocycles. The molecule has 176 valence electrons. The van der Waals surface area contributed by atoms with Gasteiger partial charge in [0.25, 0.3) is 0 Å². The van der Waals surface area contributed by atoms with Crippen molar-refractivity contribution in [2.24, 2.45) is 17.8 Å². The van der Waals surface area contributed by atoms with E-state index in [9.17, 15) is 8.78 Å². The van der Waals surface area contributed by atoms with Crippen molar-refractivity contribution in [1.82, 2.24) is 0 Å². The van der Waals surface area contributed by atoms with E-state index in [4.69, 9.17) is 9.47 Å². The van der Waals surface area contributed by atoms with Crippen molar-refractivity contribution in [3.05, 3.63) is 29.3 Å². The second kappa shape index (κ2) is 12.8. The van der Waals surface area contributed by atoms with Crippen LogP contribution >= 0.6 is 0 Å². The summed E-state index contributed by atoms with van der Waals surface area (Å²) in [4.78, 5) is 0. The van der Waals surface area contributed by atoms with E-state index in [-0.39, 0.29) is 18.5 Å². The van der Waals surface area contributed by atoms with Crippen LogP contribution in [0.3, 0.4) is 0 Å². The zero-order valence-electron chi connectivity index (χ0n) is 19.6. The maximum Gasteiger partial charge on any atom is 0.201 e. The van der Waals surface area contributed by atoms with Gasteiger partial charge in [-0.25, -0.2) is 4.39 Å². The van der Waals surface area contributed by atoms with Crippen LogP contribution in [0.5, 0.6) is 5.75 Å². The van der Waals surface area contributed by atoms with Crippen LogP contribution < -0.4 is 4.74 Å². The molecule has 0 amide bonds. The molecule has 0 bridgehead atoms. The van der Waals surface area contributed by atoms with Crippen LogP contribution in [0.15, 0.2) is 12.1 Å². The van der Waals surface area contributed by atoms with E-state index in [2.05, 4.69) is 6.92 Å². The largest absolute Gasteiger partial charge is 0.464 e. The van der Waals surface area contributed by atoms with Crippen molar-refractivity contribution in [2.75, 3.05) is 13.4 Å².